The maximum Gasteiger partial charge on any atom is 0.335 e. The standard InChI is InChI=1S/C14H12O3S/c1-9-8-12(6-7-13(9)14(16)17)18-11-4-2-10(15)3-5-11/h2-8,15H,1H3,(H,16,17). The highest BCUT2D eigenvalue weighted by molar-refractivity contribution is 7.99. The average molecular weight is 260 g/mol. The van der Waals surface area contributed by atoms with Crippen LogP contribution >= 0.6 is 11.8 Å². The van der Waals surface area contributed by atoms with Crippen LogP contribution in [-0.4, -0.2) is 16.2 Å². The quantitative estimate of drug-likeness (QED) is 0.886. The minimum atomic E-state index is -0.909. The van der Waals surface area contributed by atoms with Crippen LogP contribution in [-0.2, 0) is 0 Å². The molecule has 18 heavy (non-hydrogen) atoms. The molecule has 4 heteroatoms. The van der Waals surface area contributed by atoms with Crippen molar-refractivity contribution in [2.24, 2.45) is 0 Å². The Morgan fingerprint density at radius 2 is 1.67 bits per heavy atom. The number of benzene rings is 2. The van der Waals surface area contributed by atoms with Gasteiger partial charge in [0.1, 0.15) is 5.75 Å². The highest BCUT2D eigenvalue weighted by Gasteiger charge is 2.07. The van der Waals surface area contributed by atoms with Crippen molar-refractivity contribution in [2.45, 2.75) is 16.7 Å². The van der Waals surface area contributed by atoms with Crippen LogP contribution in [0.2, 0.25) is 0 Å². The van der Waals surface area contributed by atoms with Crippen molar-refractivity contribution >= 4 is 17.7 Å². The predicted octanol–water partition coefficient (Wildman–Crippen LogP) is 3.55. The second-order valence-corrected chi connectivity index (χ2v) is 5.02. The Labute approximate surface area is 109 Å². The summed E-state index contributed by atoms with van der Waals surface area (Å²) < 4.78 is 0. The maximum absolute atomic E-state index is 10.9. The summed E-state index contributed by atoms with van der Waals surface area (Å²) in [6, 6.07) is 12.1. The first-order chi connectivity index (χ1) is 8.56. The van der Waals surface area contributed by atoms with E-state index in [0.717, 1.165) is 15.4 Å². The molecule has 0 aliphatic rings. The molecule has 0 radical (unpaired) electrons. The van der Waals surface area contributed by atoms with Gasteiger partial charge in [-0.2, -0.15) is 0 Å². The van der Waals surface area contributed by atoms with Crippen molar-refractivity contribution in [3.8, 4) is 5.75 Å². The molecule has 0 unspecified atom stereocenters. The molecule has 0 atom stereocenters. The third-order valence-electron chi connectivity index (χ3n) is 2.50. The first-order valence-electron chi connectivity index (χ1n) is 5.37. The lowest BCUT2D eigenvalue weighted by molar-refractivity contribution is 0.0696. The Bertz CT molecular complexity index is 576. The van der Waals surface area contributed by atoms with Crippen LogP contribution in [0.5, 0.6) is 5.75 Å². The molecule has 0 bridgehead atoms. The molecule has 2 rings (SSSR count). The van der Waals surface area contributed by atoms with Crippen molar-refractivity contribution in [1.82, 2.24) is 0 Å². The van der Waals surface area contributed by atoms with Gasteiger partial charge in [-0.1, -0.05) is 11.8 Å². The molecule has 92 valence electrons. The summed E-state index contributed by atoms with van der Waals surface area (Å²) in [4.78, 5) is 12.9. The maximum atomic E-state index is 10.9. The minimum Gasteiger partial charge on any atom is -0.508 e. The fourth-order valence-electron chi connectivity index (χ4n) is 1.59. The molecular formula is C14H12O3S. The van der Waals surface area contributed by atoms with Crippen LogP contribution < -0.4 is 0 Å². The minimum absolute atomic E-state index is 0.233. The molecule has 3 nitrogen and oxygen atoms in total. The van der Waals surface area contributed by atoms with Crippen molar-refractivity contribution in [2.75, 3.05) is 0 Å². The third-order valence-corrected chi connectivity index (χ3v) is 3.50. The van der Waals surface area contributed by atoms with Gasteiger partial charge in [0, 0.05) is 9.79 Å². The van der Waals surface area contributed by atoms with E-state index in [4.69, 9.17) is 5.11 Å². The van der Waals surface area contributed by atoms with Crippen molar-refractivity contribution < 1.29 is 15.0 Å². The third kappa shape index (κ3) is 2.84. The van der Waals surface area contributed by atoms with E-state index in [9.17, 15) is 9.90 Å². The lowest BCUT2D eigenvalue weighted by Gasteiger charge is -2.05. The Balaban J connectivity index is 2.22. The van der Waals surface area contributed by atoms with Crippen molar-refractivity contribution in [3.63, 3.8) is 0 Å². The number of rotatable bonds is 3. The number of phenols is 1. The number of hydrogen-bond donors (Lipinski definition) is 2. The van der Waals surface area contributed by atoms with Gasteiger partial charge in [-0.25, -0.2) is 4.79 Å². The Morgan fingerprint density at radius 1 is 1.06 bits per heavy atom. The summed E-state index contributed by atoms with van der Waals surface area (Å²) >= 11 is 1.53. The molecule has 0 aromatic heterocycles. The molecule has 2 N–H and O–H groups in total. The fraction of sp³-hybridized carbons (Fsp3) is 0.0714. The number of carbonyl (C=O) groups is 1. The average Bonchev–Trinajstić information content (AvgIpc) is 2.32. The number of carboxylic acid groups (broad SMARTS) is 1. The molecule has 2 aromatic carbocycles. The Hall–Kier alpha value is -1.94. The summed E-state index contributed by atoms with van der Waals surface area (Å²) in [7, 11) is 0. The summed E-state index contributed by atoms with van der Waals surface area (Å²) in [5.41, 5.74) is 1.07. The van der Waals surface area contributed by atoms with E-state index in [1.807, 2.05) is 18.2 Å². The summed E-state index contributed by atoms with van der Waals surface area (Å²) in [6.45, 7) is 1.78. The van der Waals surface area contributed by atoms with Crippen LogP contribution in [0.15, 0.2) is 52.3 Å². The lowest BCUT2D eigenvalue weighted by Crippen LogP contribution is -1.98. The molecule has 2 aromatic rings. The van der Waals surface area contributed by atoms with Gasteiger partial charge in [-0.3, -0.25) is 0 Å². The van der Waals surface area contributed by atoms with Crippen LogP contribution in [0.25, 0.3) is 0 Å². The first-order valence-corrected chi connectivity index (χ1v) is 6.19. The highest BCUT2D eigenvalue weighted by Crippen LogP contribution is 2.30. The zero-order valence-electron chi connectivity index (χ0n) is 9.75. The number of carboxylic acids is 1. The van der Waals surface area contributed by atoms with Gasteiger partial charge in [0.05, 0.1) is 5.56 Å². The molecule has 0 amide bonds. The second kappa shape index (κ2) is 5.14. The Kier molecular flexibility index (Phi) is 3.58. The van der Waals surface area contributed by atoms with Gasteiger partial charge in [-0.05, 0) is 55.0 Å². The zero-order chi connectivity index (χ0) is 13.1. The molecular weight excluding hydrogens is 248 g/mol. The van der Waals surface area contributed by atoms with Gasteiger partial charge < -0.3 is 10.2 Å². The van der Waals surface area contributed by atoms with E-state index in [1.54, 1.807) is 31.2 Å². The number of hydrogen-bond acceptors (Lipinski definition) is 3. The molecule has 0 heterocycles. The molecule has 0 spiro atoms. The van der Waals surface area contributed by atoms with E-state index in [2.05, 4.69) is 0 Å². The number of aromatic carboxylic acids is 1. The normalized spacial score (nSPS) is 10.3. The van der Waals surface area contributed by atoms with Gasteiger partial charge in [0.15, 0.2) is 0 Å². The van der Waals surface area contributed by atoms with Gasteiger partial charge in [0.25, 0.3) is 0 Å². The van der Waals surface area contributed by atoms with Crippen molar-refractivity contribution in [3.05, 3.63) is 53.6 Å². The smallest absolute Gasteiger partial charge is 0.335 e. The summed E-state index contributed by atoms with van der Waals surface area (Å²) in [6.07, 6.45) is 0. The number of phenolic OH excluding ortho intramolecular Hbond substituents is 1. The number of aromatic hydroxyl groups is 1. The van der Waals surface area contributed by atoms with Crippen LogP contribution in [0.1, 0.15) is 15.9 Å². The van der Waals surface area contributed by atoms with E-state index >= 15 is 0 Å². The monoisotopic (exact) mass is 260 g/mol. The number of aryl methyl sites for hydroxylation is 1. The first kappa shape index (κ1) is 12.5. The van der Waals surface area contributed by atoms with Gasteiger partial charge in [-0.15, -0.1) is 0 Å². The van der Waals surface area contributed by atoms with E-state index in [1.165, 1.54) is 11.8 Å². The van der Waals surface area contributed by atoms with E-state index in [0.29, 0.717) is 5.56 Å². The second-order valence-electron chi connectivity index (χ2n) is 3.88. The highest BCUT2D eigenvalue weighted by atomic mass is 32.2. The molecule has 0 aliphatic carbocycles. The lowest BCUT2D eigenvalue weighted by atomic mass is 10.1. The topological polar surface area (TPSA) is 57.5 Å². The van der Waals surface area contributed by atoms with Gasteiger partial charge >= 0.3 is 5.97 Å². The summed E-state index contributed by atoms with van der Waals surface area (Å²) in [5, 5.41) is 18.1. The SMILES string of the molecule is Cc1cc(Sc2ccc(O)cc2)ccc1C(=O)O. The molecule has 0 saturated heterocycles. The van der Waals surface area contributed by atoms with Crippen LogP contribution in [0.4, 0.5) is 0 Å². The molecule has 0 fully saturated rings. The van der Waals surface area contributed by atoms with E-state index < -0.39 is 5.97 Å². The van der Waals surface area contributed by atoms with Gasteiger partial charge in [0.2, 0.25) is 0 Å². The van der Waals surface area contributed by atoms with Crippen LogP contribution in [0.3, 0.4) is 0 Å². The molecule has 0 aliphatic heterocycles. The fourth-order valence-corrected chi connectivity index (χ4v) is 2.51. The zero-order valence-corrected chi connectivity index (χ0v) is 10.6. The van der Waals surface area contributed by atoms with Crippen molar-refractivity contribution in [1.29, 1.82) is 0 Å². The predicted molar refractivity (Wildman–Crippen MR) is 70.4 cm³/mol. The molecule has 0 saturated carbocycles. The Morgan fingerprint density at radius 3 is 2.22 bits per heavy atom. The summed E-state index contributed by atoms with van der Waals surface area (Å²) in [5.74, 6) is -0.676. The largest absolute Gasteiger partial charge is 0.508 e. The van der Waals surface area contributed by atoms with E-state index in [-0.39, 0.29) is 5.75 Å². The van der Waals surface area contributed by atoms with Crippen LogP contribution in [0, 0.1) is 6.92 Å².